The molecule has 0 spiro atoms. The standard InChI is InChI=1S/C13H27NO/c1-5-12(4)10-13(6-8-14,11(2)3)7-9-15-12/h11H,5-10,14H2,1-4H3/p+1/t12-,13+/m1/s1. The summed E-state index contributed by atoms with van der Waals surface area (Å²) in [5.41, 5.74) is 4.63. The van der Waals surface area contributed by atoms with Gasteiger partial charge in [0, 0.05) is 13.0 Å². The van der Waals surface area contributed by atoms with Gasteiger partial charge in [-0.25, -0.2) is 0 Å². The molecule has 2 nitrogen and oxygen atoms in total. The third-order valence-electron chi connectivity index (χ3n) is 4.42. The van der Waals surface area contributed by atoms with E-state index in [4.69, 9.17) is 4.74 Å². The zero-order valence-corrected chi connectivity index (χ0v) is 10.9. The predicted molar refractivity (Wildman–Crippen MR) is 63.5 cm³/mol. The van der Waals surface area contributed by atoms with Crippen LogP contribution in [-0.2, 0) is 4.74 Å². The molecule has 1 heterocycles. The average molecular weight is 214 g/mol. The molecule has 0 aromatic heterocycles. The maximum atomic E-state index is 5.95. The molecular weight excluding hydrogens is 186 g/mol. The van der Waals surface area contributed by atoms with Crippen molar-refractivity contribution in [1.82, 2.24) is 0 Å². The average Bonchev–Trinajstić information content (AvgIpc) is 2.18. The van der Waals surface area contributed by atoms with Crippen LogP contribution in [0, 0.1) is 11.3 Å². The van der Waals surface area contributed by atoms with Crippen molar-refractivity contribution in [2.45, 2.75) is 59.0 Å². The summed E-state index contributed by atoms with van der Waals surface area (Å²) in [5.74, 6) is 0.744. The van der Waals surface area contributed by atoms with E-state index in [-0.39, 0.29) is 5.60 Å². The molecule has 2 heteroatoms. The van der Waals surface area contributed by atoms with Gasteiger partial charge in [0.2, 0.25) is 0 Å². The molecule has 0 unspecified atom stereocenters. The maximum absolute atomic E-state index is 5.95. The second-order valence-corrected chi connectivity index (χ2v) is 5.70. The van der Waals surface area contributed by atoms with Crippen LogP contribution in [-0.4, -0.2) is 18.8 Å². The van der Waals surface area contributed by atoms with Gasteiger partial charge in [-0.3, -0.25) is 0 Å². The first-order valence-electron chi connectivity index (χ1n) is 6.41. The van der Waals surface area contributed by atoms with Crippen LogP contribution in [0.25, 0.3) is 0 Å². The van der Waals surface area contributed by atoms with E-state index >= 15 is 0 Å². The molecule has 0 aromatic rings. The fourth-order valence-electron chi connectivity index (χ4n) is 2.96. The lowest BCUT2D eigenvalue weighted by molar-refractivity contribution is -0.375. The third-order valence-corrected chi connectivity index (χ3v) is 4.42. The molecule has 1 aliphatic heterocycles. The van der Waals surface area contributed by atoms with Crippen LogP contribution in [0.15, 0.2) is 0 Å². The van der Waals surface area contributed by atoms with E-state index in [9.17, 15) is 0 Å². The molecule has 90 valence electrons. The topological polar surface area (TPSA) is 36.9 Å². The van der Waals surface area contributed by atoms with Gasteiger partial charge in [-0.2, -0.15) is 0 Å². The van der Waals surface area contributed by atoms with E-state index < -0.39 is 0 Å². The third kappa shape index (κ3) is 2.73. The number of rotatable bonds is 4. The molecule has 3 N–H and O–H groups in total. The Kier molecular flexibility index (Phi) is 4.19. The quantitative estimate of drug-likeness (QED) is 0.765. The van der Waals surface area contributed by atoms with Gasteiger partial charge in [0.25, 0.3) is 0 Å². The highest BCUT2D eigenvalue weighted by Crippen LogP contribution is 2.47. The first-order valence-corrected chi connectivity index (χ1v) is 6.41. The summed E-state index contributed by atoms with van der Waals surface area (Å²) >= 11 is 0. The molecular formula is C13H28NO+. The monoisotopic (exact) mass is 214 g/mol. The Morgan fingerprint density at radius 3 is 2.53 bits per heavy atom. The highest BCUT2D eigenvalue weighted by molar-refractivity contribution is 4.93. The SMILES string of the molecule is CC[C@]1(C)C[C@@](CC[NH3+])(C(C)C)CCO1. The number of hydrogen-bond acceptors (Lipinski definition) is 1. The van der Waals surface area contributed by atoms with Crippen LogP contribution >= 0.6 is 0 Å². The number of ether oxygens (including phenoxy) is 1. The van der Waals surface area contributed by atoms with Crippen LogP contribution < -0.4 is 5.73 Å². The van der Waals surface area contributed by atoms with Crippen molar-refractivity contribution in [3.63, 3.8) is 0 Å². The summed E-state index contributed by atoms with van der Waals surface area (Å²) in [7, 11) is 0. The summed E-state index contributed by atoms with van der Waals surface area (Å²) < 4.78 is 5.95. The fourth-order valence-corrected chi connectivity index (χ4v) is 2.96. The molecule has 0 radical (unpaired) electrons. The van der Waals surface area contributed by atoms with Gasteiger partial charge in [0.15, 0.2) is 0 Å². The lowest BCUT2D eigenvalue weighted by Crippen LogP contribution is -2.55. The molecule has 0 aromatic carbocycles. The van der Waals surface area contributed by atoms with E-state index in [2.05, 4.69) is 33.4 Å². The fraction of sp³-hybridized carbons (Fsp3) is 1.00. The Morgan fingerprint density at radius 1 is 1.40 bits per heavy atom. The predicted octanol–water partition coefficient (Wildman–Crippen LogP) is 2.24. The Hall–Kier alpha value is -0.0800. The van der Waals surface area contributed by atoms with Gasteiger partial charge in [-0.1, -0.05) is 20.8 Å². The highest BCUT2D eigenvalue weighted by atomic mass is 16.5. The lowest BCUT2D eigenvalue weighted by atomic mass is 9.64. The largest absolute Gasteiger partial charge is 0.375 e. The van der Waals surface area contributed by atoms with Crippen molar-refractivity contribution in [1.29, 1.82) is 0 Å². The van der Waals surface area contributed by atoms with Gasteiger partial charge < -0.3 is 10.5 Å². The summed E-state index contributed by atoms with van der Waals surface area (Å²) in [6, 6.07) is 0. The summed E-state index contributed by atoms with van der Waals surface area (Å²) in [5, 5.41) is 0. The molecule has 0 aliphatic carbocycles. The van der Waals surface area contributed by atoms with Crippen molar-refractivity contribution in [2.75, 3.05) is 13.2 Å². The molecule has 1 saturated heterocycles. The first kappa shape index (κ1) is 13.0. The van der Waals surface area contributed by atoms with E-state index in [1.54, 1.807) is 0 Å². The number of quaternary nitrogens is 1. The number of hydrogen-bond donors (Lipinski definition) is 1. The van der Waals surface area contributed by atoms with Gasteiger partial charge in [0.1, 0.15) is 0 Å². The molecule has 1 rings (SSSR count). The van der Waals surface area contributed by atoms with Gasteiger partial charge in [-0.05, 0) is 37.5 Å². The van der Waals surface area contributed by atoms with Crippen LogP contribution in [0.5, 0.6) is 0 Å². The van der Waals surface area contributed by atoms with Crippen molar-refractivity contribution < 1.29 is 10.5 Å². The molecule has 0 bridgehead atoms. The Labute approximate surface area is 94.6 Å². The minimum absolute atomic E-state index is 0.109. The van der Waals surface area contributed by atoms with Crippen molar-refractivity contribution in [3.05, 3.63) is 0 Å². The minimum atomic E-state index is 0.109. The summed E-state index contributed by atoms with van der Waals surface area (Å²) in [6.45, 7) is 11.2. The van der Waals surface area contributed by atoms with Gasteiger partial charge in [0.05, 0.1) is 12.1 Å². The summed E-state index contributed by atoms with van der Waals surface area (Å²) in [4.78, 5) is 0. The molecule has 2 atom stereocenters. The summed E-state index contributed by atoms with van der Waals surface area (Å²) in [6.07, 6.45) is 4.81. The van der Waals surface area contributed by atoms with Crippen LogP contribution in [0.3, 0.4) is 0 Å². The lowest BCUT2D eigenvalue weighted by Gasteiger charge is -2.48. The van der Waals surface area contributed by atoms with E-state index in [1.807, 2.05) is 0 Å². The Morgan fingerprint density at radius 2 is 2.07 bits per heavy atom. The zero-order valence-electron chi connectivity index (χ0n) is 10.9. The molecule has 1 aliphatic rings. The van der Waals surface area contributed by atoms with Gasteiger partial charge in [-0.15, -0.1) is 0 Å². The van der Waals surface area contributed by atoms with Crippen LogP contribution in [0.1, 0.15) is 53.4 Å². The van der Waals surface area contributed by atoms with Crippen LogP contribution in [0.4, 0.5) is 0 Å². The first-order chi connectivity index (χ1) is 6.98. The second-order valence-electron chi connectivity index (χ2n) is 5.70. The van der Waals surface area contributed by atoms with Crippen molar-refractivity contribution >= 4 is 0 Å². The Bertz CT molecular complexity index is 201. The van der Waals surface area contributed by atoms with E-state index in [0.717, 1.165) is 25.5 Å². The second kappa shape index (κ2) is 4.84. The molecule has 15 heavy (non-hydrogen) atoms. The zero-order chi connectivity index (χ0) is 11.5. The van der Waals surface area contributed by atoms with Gasteiger partial charge >= 0.3 is 0 Å². The highest BCUT2D eigenvalue weighted by Gasteiger charge is 2.43. The van der Waals surface area contributed by atoms with Crippen LogP contribution in [0.2, 0.25) is 0 Å². The maximum Gasteiger partial charge on any atom is 0.0745 e. The molecule has 0 saturated carbocycles. The Balaban J connectivity index is 2.80. The molecule has 1 fully saturated rings. The van der Waals surface area contributed by atoms with Crippen molar-refractivity contribution in [3.8, 4) is 0 Å². The molecule has 0 amide bonds. The van der Waals surface area contributed by atoms with E-state index in [0.29, 0.717) is 5.41 Å². The smallest absolute Gasteiger partial charge is 0.0745 e. The minimum Gasteiger partial charge on any atom is -0.375 e. The van der Waals surface area contributed by atoms with E-state index in [1.165, 1.54) is 19.3 Å². The van der Waals surface area contributed by atoms with Crippen molar-refractivity contribution in [2.24, 2.45) is 11.3 Å². The normalized spacial score (nSPS) is 37.2.